The van der Waals surface area contributed by atoms with Gasteiger partial charge in [0, 0.05) is 12.5 Å². The predicted octanol–water partition coefficient (Wildman–Crippen LogP) is 1.36. The molecule has 1 heterocycles. The lowest BCUT2D eigenvalue weighted by molar-refractivity contribution is -0.142. The molecular formula is C12H19N3O3. The molecule has 0 aliphatic heterocycles. The highest BCUT2D eigenvalue weighted by atomic mass is 16.5. The smallest absolute Gasteiger partial charge is 0.306 e. The summed E-state index contributed by atoms with van der Waals surface area (Å²) in [6.45, 7) is 2.56. The minimum absolute atomic E-state index is 0.167. The Balaban J connectivity index is 1.73. The lowest BCUT2D eigenvalue weighted by Crippen LogP contribution is -2.34. The van der Waals surface area contributed by atoms with E-state index in [0.717, 1.165) is 32.1 Å². The van der Waals surface area contributed by atoms with Crippen LogP contribution in [0.4, 0.5) is 0 Å². The molecule has 0 spiro atoms. The van der Waals surface area contributed by atoms with E-state index in [1.54, 1.807) is 0 Å². The van der Waals surface area contributed by atoms with Gasteiger partial charge in [0.15, 0.2) is 5.82 Å². The number of rotatable bonds is 5. The van der Waals surface area contributed by atoms with E-state index in [2.05, 4.69) is 15.5 Å². The van der Waals surface area contributed by atoms with Gasteiger partial charge in [-0.05, 0) is 25.7 Å². The number of nitrogens with zero attached hydrogens (tertiary/aromatic N) is 2. The molecule has 0 amide bonds. The number of hydrogen-bond donors (Lipinski definition) is 2. The average Bonchev–Trinajstić information content (AvgIpc) is 2.85. The van der Waals surface area contributed by atoms with Crippen LogP contribution in [0.25, 0.3) is 0 Å². The molecule has 0 radical (unpaired) electrons. The first-order valence-electron chi connectivity index (χ1n) is 6.46. The summed E-state index contributed by atoms with van der Waals surface area (Å²) in [5.74, 6) is 0.493. The van der Waals surface area contributed by atoms with Crippen LogP contribution < -0.4 is 5.32 Å². The molecular weight excluding hydrogens is 234 g/mol. The second kappa shape index (κ2) is 5.95. The van der Waals surface area contributed by atoms with E-state index in [4.69, 9.17) is 9.63 Å². The van der Waals surface area contributed by atoms with Crippen molar-refractivity contribution >= 4 is 5.97 Å². The van der Waals surface area contributed by atoms with E-state index in [0.29, 0.717) is 24.3 Å². The van der Waals surface area contributed by atoms with Crippen molar-refractivity contribution in [1.29, 1.82) is 0 Å². The van der Waals surface area contributed by atoms with Crippen molar-refractivity contribution in [2.24, 2.45) is 5.92 Å². The Morgan fingerprint density at radius 3 is 2.72 bits per heavy atom. The second-order valence-electron chi connectivity index (χ2n) is 4.73. The number of hydrogen-bond acceptors (Lipinski definition) is 5. The van der Waals surface area contributed by atoms with Crippen LogP contribution in [0.1, 0.15) is 44.3 Å². The Morgan fingerprint density at radius 1 is 1.44 bits per heavy atom. The molecule has 0 atom stereocenters. The van der Waals surface area contributed by atoms with Crippen molar-refractivity contribution < 1.29 is 14.4 Å². The van der Waals surface area contributed by atoms with Crippen molar-refractivity contribution in [1.82, 2.24) is 15.5 Å². The fourth-order valence-corrected chi connectivity index (χ4v) is 2.29. The summed E-state index contributed by atoms with van der Waals surface area (Å²) in [5.41, 5.74) is 0. The molecule has 2 rings (SSSR count). The first-order chi connectivity index (χ1) is 8.69. The molecule has 1 aliphatic carbocycles. The molecule has 1 aliphatic rings. The van der Waals surface area contributed by atoms with Gasteiger partial charge in [-0.2, -0.15) is 4.98 Å². The lowest BCUT2D eigenvalue weighted by Gasteiger charge is -2.26. The highest BCUT2D eigenvalue weighted by Gasteiger charge is 2.25. The van der Waals surface area contributed by atoms with Gasteiger partial charge in [-0.25, -0.2) is 0 Å². The number of aliphatic carboxylic acids is 1. The molecule has 1 fully saturated rings. The number of carboxylic acids is 1. The van der Waals surface area contributed by atoms with Crippen molar-refractivity contribution in [2.75, 3.05) is 0 Å². The van der Waals surface area contributed by atoms with E-state index in [-0.39, 0.29) is 5.92 Å². The lowest BCUT2D eigenvalue weighted by atomic mass is 9.86. The predicted molar refractivity (Wildman–Crippen MR) is 63.9 cm³/mol. The minimum atomic E-state index is -0.667. The van der Waals surface area contributed by atoms with Gasteiger partial charge >= 0.3 is 5.97 Å². The quantitative estimate of drug-likeness (QED) is 0.823. The molecule has 0 unspecified atom stereocenters. The van der Waals surface area contributed by atoms with Crippen LogP contribution in [0, 0.1) is 5.92 Å². The Labute approximate surface area is 106 Å². The maximum Gasteiger partial charge on any atom is 0.306 e. The van der Waals surface area contributed by atoms with Gasteiger partial charge in [0.2, 0.25) is 5.89 Å². The Kier molecular flexibility index (Phi) is 4.30. The van der Waals surface area contributed by atoms with Crippen molar-refractivity contribution in [3.8, 4) is 0 Å². The SMILES string of the molecule is CCc1nc(CNC2CCC(C(=O)O)CC2)no1. The van der Waals surface area contributed by atoms with Crippen molar-refractivity contribution in [2.45, 2.75) is 51.6 Å². The van der Waals surface area contributed by atoms with E-state index in [1.807, 2.05) is 6.92 Å². The molecule has 2 N–H and O–H groups in total. The number of carboxylic acid groups (broad SMARTS) is 1. The monoisotopic (exact) mass is 253 g/mol. The number of aryl methyl sites for hydroxylation is 1. The number of aromatic nitrogens is 2. The number of nitrogens with one attached hydrogen (secondary N) is 1. The molecule has 0 aromatic carbocycles. The standard InChI is InChI=1S/C12H19N3O3/c1-2-11-14-10(15-18-11)7-13-9-5-3-8(4-6-9)12(16)17/h8-9,13H,2-7H2,1H3,(H,16,17). The second-order valence-corrected chi connectivity index (χ2v) is 4.73. The molecule has 6 nitrogen and oxygen atoms in total. The zero-order valence-electron chi connectivity index (χ0n) is 10.6. The van der Waals surface area contributed by atoms with E-state index < -0.39 is 5.97 Å². The van der Waals surface area contributed by atoms with Crippen LogP contribution in [-0.2, 0) is 17.8 Å². The first kappa shape index (κ1) is 13.0. The maximum absolute atomic E-state index is 10.8. The summed E-state index contributed by atoms with van der Waals surface area (Å²) in [5, 5.41) is 16.1. The van der Waals surface area contributed by atoms with Gasteiger partial charge in [-0.3, -0.25) is 4.79 Å². The zero-order valence-corrected chi connectivity index (χ0v) is 10.6. The van der Waals surface area contributed by atoms with Gasteiger partial charge in [0.05, 0.1) is 12.5 Å². The molecule has 6 heteroatoms. The third kappa shape index (κ3) is 3.29. The van der Waals surface area contributed by atoms with Crippen LogP contribution in [0.3, 0.4) is 0 Å². The molecule has 100 valence electrons. The van der Waals surface area contributed by atoms with Crippen molar-refractivity contribution in [3.05, 3.63) is 11.7 Å². The summed E-state index contributed by atoms with van der Waals surface area (Å²) >= 11 is 0. The Bertz CT molecular complexity index is 397. The molecule has 0 bridgehead atoms. The van der Waals surface area contributed by atoms with E-state index in [1.165, 1.54) is 0 Å². The van der Waals surface area contributed by atoms with Crippen LogP contribution in [-0.4, -0.2) is 27.3 Å². The molecule has 1 aromatic heterocycles. The minimum Gasteiger partial charge on any atom is -0.481 e. The van der Waals surface area contributed by atoms with Crippen LogP contribution in [0.2, 0.25) is 0 Å². The first-order valence-corrected chi connectivity index (χ1v) is 6.46. The summed E-state index contributed by atoms with van der Waals surface area (Å²) in [4.78, 5) is 15.0. The van der Waals surface area contributed by atoms with E-state index >= 15 is 0 Å². The van der Waals surface area contributed by atoms with Gasteiger partial charge in [0.25, 0.3) is 0 Å². The van der Waals surface area contributed by atoms with Gasteiger partial charge in [-0.15, -0.1) is 0 Å². The zero-order chi connectivity index (χ0) is 13.0. The highest BCUT2D eigenvalue weighted by molar-refractivity contribution is 5.70. The highest BCUT2D eigenvalue weighted by Crippen LogP contribution is 2.24. The molecule has 1 aromatic rings. The topological polar surface area (TPSA) is 88.2 Å². The molecule has 0 saturated heterocycles. The third-order valence-corrected chi connectivity index (χ3v) is 3.44. The Morgan fingerprint density at radius 2 is 2.17 bits per heavy atom. The molecule has 1 saturated carbocycles. The fourth-order valence-electron chi connectivity index (χ4n) is 2.29. The maximum atomic E-state index is 10.8. The van der Waals surface area contributed by atoms with Gasteiger partial charge in [-0.1, -0.05) is 12.1 Å². The normalized spacial score (nSPS) is 24.1. The fraction of sp³-hybridized carbons (Fsp3) is 0.750. The van der Waals surface area contributed by atoms with Crippen LogP contribution in [0.15, 0.2) is 4.52 Å². The Hall–Kier alpha value is -1.43. The summed E-state index contributed by atoms with van der Waals surface area (Å²) in [7, 11) is 0. The third-order valence-electron chi connectivity index (χ3n) is 3.44. The summed E-state index contributed by atoms with van der Waals surface area (Å²) < 4.78 is 5.02. The average molecular weight is 253 g/mol. The summed E-state index contributed by atoms with van der Waals surface area (Å²) in [6, 6.07) is 0.365. The number of carbonyl (C=O) groups is 1. The van der Waals surface area contributed by atoms with Gasteiger partial charge in [0.1, 0.15) is 0 Å². The van der Waals surface area contributed by atoms with E-state index in [9.17, 15) is 4.79 Å². The summed E-state index contributed by atoms with van der Waals surface area (Å²) in [6.07, 6.45) is 4.04. The van der Waals surface area contributed by atoms with Crippen molar-refractivity contribution in [3.63, 3.8) is 0 Å². The molecule has 18 heavy (non-hydrogen) atoms. The van der Waals surface area contributed by atoms with Gasteiger partial charge < -0.3 is 14.9 Å². The van der Waals surface area contributed by atoms with Crippen LogP contribution >= 0.6 is 0 Å². The largest absolute Gasteiger partial charge is 0.481 e. The van der Waals surface area contributed by atoms with Crippen LogP contribution in [0.5, 0.6) is 0 Å².